The van der Waals surface area contributed by atoms with Gasteiger partial charge in [0.25, 0.3) is 0 Å². The van der Waals surface area contributed by atoms with E-state index in [9.17, 15) is 4.39 Å². The summed E-state index contributed by atoms with van der Waals surface area (Å²) < 4.78 is 20.7. The first-order chi connectivity index (χ1) is 11.3. The molecule has 111 valence electrons. The summed E-state index contributed by atoms with van der Waals surface area (Å²) in [5.41, 5.74) is 2.69. The number of fused-ring (bicyclic) bond motifs is 3. The van der Waals surface area contributed by atoms with Crippen LogP contribution in [0.3, 0.4) is 0 Å². The number of para-hydroxylation sites is 1. The molecule has 1 aromatic heterocycles. The lowest BCUT2D eigenvalue weighted by Crippen LogP contribution is -1.99. The Bertz CT molecular complexity index is 1010. The fourth-order valence-electron chi connectivity index (χ4n) is 2.98. The summed E-state index contributed by atoms with van der Waals surface area (Å²) in [6, 6.07) is 20.0. The average molecular weight is 304 g/mol. The number of nitrogens with zero attached hydrogens (tertiary/aromatic N) is 1. The summed E-state index contributed by atoms with van der Waals surface area (Å²) in [4.78, 5) is 0. The van der Waals surface area contributed by atoms with Crippen molar-refractivity contribution in [3.8, 4) is 11.4 Å². The Kier molecular flexibility index (Phi) is 3.28. The van der Waals surface area contributed by atoms with Gasteiger partial charge in [-0.1, -0.05) is 24.3 Å². The second-order valence-corrected chi connectivity index (χ2v) is 5.23. The quantitative estimate of drug-likeness (QED) is 0.584. The molecule has 0 saturated carbocycles. The first-order valence-electron chi connectivity index (χ1n) is 7.19. The molecule has 1 radical (unpaired) electrons. The lowest BCUT2D eigenvalue weighted by atomic mass is 10.1. The van der Waals surface area contributed by atoms with Gasteiger partial charge >= 0.3 is 7.69 Å². The van der Waals surface area contributed by atoms with E-state index < -0.39 is 0 Å². The highest BCUT2D eigenvalue weighted by molar-refractivity contribution is 6.17. The lowest BCUT2D eigenvalue weighted by Gasteiger charge is -2.08. The molecule has 0 unspecified atom stereocenters. The molecule has 0 atom stereocenters. The van der Waals surface area contributed by atoms with Crippen LogP contribution in [-0.2, 0) is 0 Å². The highest BCUT2D eigenvalue weighted by atomic mass is 19.1. The molecular weight excluding hydrogens is 292 g/mol. The first kappa shape index (κ1) is 13.8. The number of halogens is 1. The van der Waals surface area contributed by atoms with Crippen molar-refractivity contribution >= 4 is 29.5 Å². The number of rotatable bonds is 3. The van der Waals surface area contributed by atoms with Crippen LogP contribution >= 0.6 is 0 Å². The highest BCUT2D eigenvalue weighted by Gasteiger charge is 2.13. The number of benzene rings is 3. The zero-order valence-electron chi connectivity index (χ0n) is 12.1. The maximum absolute atomic E-state index is 13.7. The van der Waals surface area contributed by atoms with Gasteiger partial charge in [-0.3, -0.25) is 0 Å². The Morgan fingerprint density at radius 3 is 2.52 bits per heavy atom. The Morgan fingerprint density at radius 1 is 0.870 bits per heavy atom. The van der Waals surface area contributed by atoms with Gasteiger partial charge in [0.15, 0.2) is 0 Å². The minimum atomic E-state index is -0.275. The van der Waals surface area contributed by atoms with Gasteiger partial charge < -0.3 is 14.2 Å². The zero-order chi connectivity index (χ0) is 15.8. The molecule has 1 heterocycles. The molecule has 0 aliphatic carbocycles. The summed E-state index contributed by atoms with van der Waals surface area (Å²) in [5.74, 6) is 0.269. The summed E-state index contributed by atoms with van der Waals surface area (Å²) in [6.45, 7) is 0. The van der Waals surface area contributed by atoms with Crippen molar-refractivity contribution in [2.75, 3.05) is 0 Å². The molecule has 0 aliphatic rings. The smallest absolute Gasteiger partial charge is 0.537 e. The standard InChI is InChI=1S/C18H12BFNO2/c20-12-4-3-5-13(10-12)21-17-7-2-1-6-15(17)16-11-14(23-19-22)8-9-18(16)21/h1-11,22H. The van der Waals surface area contributed by atoms with Crippen LogP contribution in [-0.4, -0.2) is 17.3 Å². The Hall–Kier alpha value is -2.79. The molecule has 1 N–H and O–H groups in total. The maximum Gasteiger partial charge on any atom is 0.569 e. The van der Waals surface area contributed by atoms with E-state index in [4.69, 9.17) is 9.68 Å². The summed E-state index contributed by atoms with van der Waals surface area (Å²) >= 11 is 0. The molecular formula is C18H12BFNO2. The predicted molar refractivity (Wildman–Crippen MR) is 89.3 cm³/mol. The second kappa shape index (κ2) is 5.45. The Balaban J connectivity index is 2.09. The monoisotopic (exact) mass is 304 g/mol. The van der Waals surface area contributed by atoms with Gasteiger partial charge in [0.05, 0.1) is 11.0 Å². The van der Waals surface area contributed by atoms with Crippen LogP contribution < -0.4 is 4.65 Å². The zero-order valence-corrected chi connectivity index (χ0v) is 12.1. The van der Waals surface area contributed by atoms with Crippen molar-refractivity contribution in [2.45, 2.75) is 0 Å². The van der Waals surface area contributed by atoms with E-state index in [1.165, 1.54) is 12.1 Å². The van der Waals surface area contributed by atoms with Crippen molar-refractivity contribution < 1.29 is 14.1 Å². The fourth-order valence-corrected chi connectivity index (χ4v) is 2.98. The van der Waals surface area contributed by atoms with Gasteiger partial charge in [0.2, 0.25) is 0 Å². The molecule has 3 aromatic carbocycles. The van der Waals surface area contributed by atoms with Crippen molar-refractivity contribution in [1.29, 1.82) is 0 Å². The number of hydrogen-bond donors (Lipinski definition) is 1. The van der Waals surface area contributed by atoms with Crippen molar-refractivity contribution in [3.05, 3.63) is 72.5 Å². The molecule has 5 heteroatoms. The van der Waals surface area contributed by atoms with E-state index in [0.29, 0.717) is 13.4 Å². The molecule has 0 amide bonds. The molecule has 0 saturated heterocycles. The van der Waals surface area contributed by atoms with Crippen LogP contribution in [0.25, 0.3) is 27.5 Å². The van der Waals surface area contributed by atoms with E-state index in [1.54, 1.807) is 12.1 Å². The van der Waals surface area contributed by atoms with Crippen LogP contribution in [0.2, 0.25) is 0 Å². The van der Waals surface area contributed by atoms with Gasteiger partial charge in [-0.25, -0.2) is 4.39 Å². The second-order valence-electron chi connectivity index (χ2n) is 5.23. The molecule has 0 aliphatic heterocycles. The van der Waals surface area contributed by atoms with Crippen molar-refractivity contribution in [3.63, 3.8) is 0 Å². The highest BCUT2D eigenvalue weighted by Crippen LogP contribution is 2.34. The van der Waals surface area contributed by atoms with Gasteiger partial charge in [-0.15, -0.1) is 0 Å². The topological polar surface area (TPSA) is 34.4 Å². The minimum Gasteiger partial charge on any atom is -0.537 e. The fraction of sp³-hybridized carbons (Fsp3) is 0. The van der Waals surface area contributed by atoms with E-state index in [2.05, 4.69) is 0 Å². The molecule has 4 aromatic rings. The van der Waals surface area contributed by atoms with E-state index in [0.717, 1.165) is 27.5 Å². The molecule has 0 bridgehead atoms. The molecule has 23 heavy (non-hydrogen) atoms. The summed E-state index contributed by atoms with van der Waals surface area (Å²) in [6.07, 6.45) is 0. The SMILES string of the molecule is O[B]Oc1ccc2c(c1)c1ccccc1n2-c1cccc(F)c1. The summed E-state index contributed by atoms with van der Waals surface area (Å²) in [7, 11) is 0.660. The molecule has 0 fully saturated rings. The third-order valence-electron chi connectivity index (χ3n) is 3.90. The normalized spacial score (nSPS) is 11.0. The minimum absolute atomic E-state index is 0.275. The van der Waals surface area contributed by atoms with Crippen LogP contribution in [0.4, 0.5) is 4.39 Å². The summed E-state index contributed by atoms with van der Waals surface area (Å²) in [5, 5.41) is 10.8. The van der Waals surface area contributed by atoms with Crippen molar-refractivity contribution in [1.82, 2.24) is 4.57 Å². The van der Waals surface area contributed by atoms with Crippen molar-refractivity contribution in [2.24, 2.45) is 0 Å². The van der Waals surface area contributed by atoms with Gasteiger partial charge in [-0.05, 0) is 42.5 Å². The van der Waals surface area contributed by atoms with E-state index >= 15 is 0 Å². The van der Waals surface area contributed by atoms with Gasteiger partial charge in [0, 0.05) is 16.5 Å². The molecule has 0 spiro atoms. The van der Waals surface area contributed by atoms with Crippen LogP contribution in [0.1, 0.15) is 0 Å². The van der Waals surface area contributed by atoms with Gasteiger partial charge in [0.1, 0.15) is 11.6 Å². The molecule has 4 rings (SSSR count). The Labute approximate surface area is 132 Å². The van der Waals surface area contributed by atoms with E-state index in [1.807, 2.05) is 47.0 Å². The molecule has 3 nitrogen and oxygen atoms in total. The van der Waals surface area contributed by atoms with Crippen LogP contribution in [0.15, 0.2) is 66.7 Å². The average Bonchev–Trinajstić information content (AvgIpc) is 2.89. The third-order valence-corrected chi connectivity index (χ3v) is 3.90. The number of aromatic nitrogens is 1. The maximum atomic E-state index is 13.7. The van der Waals surface area contributed by atoms with Crippen LogP contribution in [0.5, 0.6) is 5.75 Å². The predicted octanol–water partition coefficient (Wildman–Crippen LogP) is 3.83. The Morgan fingerprint density at radius 2 is 1.70 bits per heavy atom. The largest absolute Gasteiger partial charge is 0.569 e. The van der Waals surface area contributed by atoms with E-state index in [-0.39, 0.29) is 5.82 Å². The lowest BCUT2D eigenvalue weighted by molar-refractivity contribution is 0.454. The number of hydrogen-bond acceptors (Lipinski definition) is 2. The van der Waals surface area contributed by atoms with Gasteiger partial charge in [-0.2, -0.15) is 0 Å². The van der Waals surface area contributed by atoms with Crippen LogP contribution in [0, 0.1) is 5.82 Å². The third kappa shape index (κ3) is 2.26. The first-order valence-corrected chi connectivity index (χ1v) is 7.19.